The number of nitrogens with two attached hydrogens (primary N) is 1. The van der Waals surface area contributed by atoms with Crippen LogP contribution in [0.15, 0.2) is 23.5 Å². The molecular formula is C15H17N3O3. The number of aliphatic imine (C=N–C) groups is 1. The highest BCUT2D eigenvalue weighted by atomic mass is 16.6. The van der Waals surface area contributed by atoms with E-state index in [1.807, 2.05) is 13.8 Å². The Morgan fingerprint density at radius 3 is 2.76 bits per heavy atom. The molecule has 4 atom stereocenters. The standard InChI is InChI=1S/C15H17N3O3/c1-14-10-3-4-11(20-10)15(14,2)13(19)21-12(14)18-9-5-6-17-7-8(9)16/h5-7,10-11H,3-4,16H2,1-2H3/t10-,11+,14+,15-/m0/s1. The maximum atomic E-state index is 12.4. The maximum Gasteiger partial charge on any atom is 0.322 e. The van der Waals surface area contributed by atoms with Gasteiger partial charge in [0.25, 0.3) is 0 Å². The summed E-state index contributed by atoms with van der Waals surface area (Å²) in [5.41, 5.74) is 5.73. The number of esters is 1. The molecule has 1 aromatic rings. The first-order valence-electron chi connectivity index (χ1n) is 7.14. The van der Waals surface area contributed by atoms with E-state index in [1.54, 1.807) is 12.3 Å². The SMILES string of the molecule is C[C@@]12C(=Nc3ccncc3N)OC(=O)[C@]1(C)[C@H]1CC[C@@H]2O1. The summed E-state index contributed by atoms with van der Waals surface area (Å²) in [6.45, 7) is 3.94. The summed E-state index contributed by atoms with van der Waals surface area (Å²) < 4.78 is 11.5. The van der Waals surface area contributed by atoms with E-state index < -0.39 is 10.8 Å². The van der Waals surface area contributed by atoms with Crippen molar-refractivity contribution in [3.8, 4) is 0 Å². The molecule has 3 saturated heterocycles. The van der Waals surface area contributed by atoms with Gasteiger partial charge in [0.15, 0.2) is 0 Å². The second-order valence-electron chi connectivity index (χ2n) is 6.34. The van der Waals surface area contributed by atoms with E-state index >= 15 is 0 Å². The van der Waals surface area contributed by atoms with E-state index in [1.165, 1.54) is 6.20 Å². The predicted molar refractivity (Wildman–Crippen MR) is 75.9 cm³/mol. The molecule has 21 heavy (non-hydrogen) atoms. The number of ether oxygens (including phenoxy) is 2. The van der Waals surface area contributed by atoms with E-state index in [-0.39, 0.29) is 18.2 Å². The zero-order valence-electron chi connectivity index (χ0n) is 12.0. The molecule has 2 N–H and O–H groups in total. The highest BCUT2D eigenvalue weighted by molar-refractivity contribution is 6.06. The minimum Gasteiger partial charge on any atom is -0.410 e. The second kappa shape index (κ2) is 3.82. The van der Waals surface area contributed by atoms with Crippen LogP contribution in [0.1, 0.15) is 26.7 Å². The van der Waals surface area contributed by atoms with Crippen molar-refractivity contribution in [3.63, 3.8) is 0 Å². The zero-order chi connectivity index (χ0) is 14.8. The fourth-order valence-electron chi connectivity index (χ4n) is 3.91. The van der Waals surface area contributed by atoms with Gasteiger partial charge in [-0.05, 0) is 32.8 Å². The molecule has 0 unspecified atom stereocenters. The lowest BCUT2D eigenvalue weighted by Gasteiger charge is -2.36. The van der Waals surface area contributed by atoms with E-state index in [0.29, 0.717) is 17.3 Å². The van der Waals surface area contributed by atoms with Crippen LogP contribution in [-0.4, -0.2) is 29.1 Å². The summed E-state index contributed by atoms with van der Waals surface area (Å²) in [6.07, 6.45) is 4.87. The number of fused-ring (bicyclic) bond motifs is 5. The highest BCUT2D eigenvalue weighted by Gasteiger charge is 2.75. The van der Waals surface area contributed by atoms with Crippen molar-refractivity contribution in [1.29, 1.82) is 0 Å². The van der Waals surface area contributed by atoms with Gasteiger partial charge in [-0.2, -0.15) is 0 Å². The third-order valence-electron chi connectivity index (χ3n) is 5.49. The first kappa shape index (κ1) is 12.8. The first-order chi connectivity index (χ1) is 9.98. The molecule has 0 spiro atoms. The van der Waals surface area contributed by atoms with Crippen LogP contribution in [0.4, 0.5) is 11.4 Å². The Morgan fingerprint density at radius 2 is 2.05 bits per heavy atom. The van der Waals surface area contributed by atoms with E-state index in [0.717, 1.165) is 12.8 Å². The molecule has 0 aliphatic carbocycles. The van der Waals surface area contributed by atoms with Crippen LogP contribution in [0.25, 0.3) is 0 Å². The van der Waals surface area contributed by atoms with Crippen LogP contribution in [0.3, 0.4) is 0 Å². The van der Waals surface area contributed by atoms with Crippen molar-refractivity contribution >= 4 is 23.2 Å². The number of carbonyl (C=O) groups excluding carboxylic acids is 1. The van der Waals surface area contributed by atoms with Crippen LogP contribution in [0.2, 0.25) is 0 Å². The fourth-order valence-corrected chi connectivity index (χ4v) is 3.91. The van der Waals surface area contributed by atoms with Crippen molar-refractivity contribution in [2.75, 3.05) is 5.73 Å². The molecule has 3 aliphatic heterocycles. The van der Waals surface area contributed by atoms with Gasteiger partial charge in [-0.1, -0.05) is 0 Å². The largest absolute Gasteiger partial charge is 0.410 e. The van der Waals surface area contributed by atoms with Crippen LogP contribution in [0.5, 0.6) is 0 Å². The topological polar surface area (TPSA) is 86.8 Å². The Labute approximate surface area is 122 Å². The molecule has 0 amide bonds. The van der Waals surface area contributed by atoms with Gasteiger partial charge in [-0.25, -0.2) is 4.99 Å². The highest BCUT2D eigenvalue weighted by Crippen LogP contribution is 2.64. The molecule has 3 aliphatic rings. The Bertz CT molecular complexity index is 674. The van der Waals surface area contributed by atoms with Gasteiger partial charge < -0.3 is 15.2 Å². The summed E-state index contributed by atoms with van der Waals surface area (Å²) in [6, 6.07) is 1.71. The summed E-state index contributed by atoms with van der Waals surface area (Å²) in [5.74, 6) is 0.170. The summed E-state index contributed by atoms with van der Waals surface area (Å²) in [5, 5.41) is 0. The smallest absolute Gasteiger partial charge is 0.322 e. The van der Waals surface area contributed by atoms with E-state index in [4.69, 9.17) is 15.2 Å². The number of hydrogen-bond donors (Lipinski definition) is 1. The minimum absolute atomic E-state index is 0.0271. The van der Waals surface area contributed by atoms with Gasteiger partial charge in [0.05, 0.1) is 35.2 Å². The lowest BCUT2D eigenvalue weighted by Crippen LogP contribution is -2.48. The van der Waals surface area contributed by atoms with Crippen molar-refractivity contribution in [2.45, 2.75) is 38.9 Å². The second-order valence-corrected chi connectivity index (χ2v) is 6.34. The number of nitrogens with zero attached hydrogens (tertiary/aromatic N) is 2. The number of carbonyl (C=O) groups is 1. The van der Waals surface area contributed by atoms with E-state index in [9.17, 15) is 4.79 Å². The molecule has 110 valence electrons. The fraction of sp³-hybridized carbons (Fsp3) is 0.533. The van der Waals surface area contributed by atoms with Gasteiger partial charge in [-0.15, -0.1) is 0 Å². The average molecular weight is 287 g/mol. The molecule has 4 heterocycles. The lowest BCUT2D eigenvalue weighted by atomic mass is 9.59. The van der Waals surface area contributed by atoms with Crippen LogP contribution in [0, 0.1) is 10.8 Å². The summed E-state index contributed by atoms with van der Waals surface area (Å²) >= 11 is 0. The number of anilines is 1. The normalized spacial score (nSPS) is 42.4. The molecule has 1 aromatic heterocycles. The average Bonchev–Trinajstić information content (AvgIpc) is 3.08. The number of hydrogen-bond acceptors (Lipinski definition) is 6. The molecule has 6 nitrogen and oxygen atoms in total. The molecule has 0 saturated carbocycles. The Balaban J connectivity index is 1.85. The maximum absolute atomic E-state index is 12.4. The first-order valence-corrected chi connectivity index (χ1v) is 7.14. The van der Waals surface area contributed by atoms with Crippen LogP contribution >= 0.6 is 0 Å². The Kier molecular flexibility index (Phi) is 2.32. The summed E-state index contributed by atoms with van der Waals surface area (Å²) in [4.78, 5) is 20.9. The van der Waals surface area contributed by atoms with Crippen molar-refractivity contribution in [3.05, 3.63) is 18.5 Å². The number of rotatable bonds is 1. The molecule has 6 heteroatoms. The van der Waals surface area contributed by atoms with Gasteiger partial charge in [0.2, 0.25) is 5.90 Å². The monoisotopic (exact) mass is 287 g/mol. The number of nitrogen functional groups attached to an aromatic ring is 1. The lowest BCUT2D eigenvalue weighted by molar-refractivity contribution is -0.146. The predicted octanol–water partition coefficient (Wildman–Crippen LogP) is 1.82. The van der Waals surface area contributed by atoms with Crippen molar-refractivity contribution in [1.82, 2.24) is 4.98 Å². The van der Waals surface area contributed by atoms with E-state index in [2.05, 4.69) is 9.98 Å². The van der Waals surface area contributed by atoms with Crippen LogP contribution in [-0.2, 0) is 14.3 Å². The van der Waals surface area contributed by atoms with Gasteiger partial charge in [-0.3, -0.25) is 9.78 Å². The third-order valence-corrected chi connectivity index (χ3v) is 5.49. The molecule has 4 rings (SSSR count). The Morgan fingerprint density at radius 1 is 1.33 bits per heavy atom. The number of pyridine rings is 1. The molecule has 3 fully saturated rings. The van der Waals surface area contributed by atoms with Gasteiger partial charge in [0, 0.05) is 6.20 Å². The van der Waals surface area contributed by atoms with Crippen LogP contribution < -0.4 is 5.73 Å². The molecule has 0 aromatic carbocycles. The summed E-state index contributed by atoms with van der Waals surface area (Å²) in [7, 11) is 0. The van der Waals surface area contributed by atoms with Crippen molar-refractivity contribution < 1.29 is 14.3 Å². The van der Waals surface area contributed by atoms with Gasteiger partial charge in [0.1, 0.15) is 5.41 Å². The molecule has 0 radical (unpaired) electrons. The van der Waals surface area contributed by atoms with Crippen molar-refractivity contribution in [2.24, 2.45) is 15.8 Å². The number of cyclic esters (lactones) is 1. The number of aromatic nitrogens is 1. The molecular weight excluding hydrogens is 270 g/mol. The third kappa shape index (κ3) is 1.33. The Hall–Kier alpha value is -1.95. The quantitative estimate of drug-likeness (QED) is 0.796. The van der Waals surface area contributed by atoms with Gasteiger partial charge >= 0.3 is 5.97 Å². The zero-order valence-corrected chi connectivity index (χ0v) is 12.0. The minimum atomic E-state index is -0.656. The molecule has 2 bridgehead atoms.